The Kier molecular flexibility index (Phi) is 4.96. The quantitative estimate of drug-likeness (QED) is 0.874. The van der Waals surface area contributed by atoms with Crippen molar-refractivity contribution in [2.45, 2.75) is 38.8 Å². The third-order valence-electron chi connectivity index (χ3n) is 3.98. The van der Waals surface area contributed by atoms with Crippen molar-refractivity contribution >= 4 is 11.8 Å². The second-order valence-electron chi connectivity index (χ2n) is 5.49. The van der Waals surface area contributed by atoms with E-state index >= 15 is 0 Å². The minimum Gasteiger partial charge on any atom is -0.387 e. The van der Waals surface area contributed by atoms with Gasteiger partial charge in [-0.1, -0.05) is 24.3 Å². The highest BCUT2D eigenvalue weighted by Crippen LogP contribution is 2.19. The van der Waals surface area contributed by atoms with Gasteiger partial charge < -0.3 is 15.3 Å². The fraction of sp³-hybridized carbons (Fsp3) is 0.500. The number of aryl methyl sites for hydroxylation is 1. The highest BCUT2D eigenvalue weighted by Gasteiger charge is 2.32. The van der Waals surface area contributed by atoms with E-state index < -0.39 is 12.1 Å². The summed E-state index contributed by atoms with van der Waals surface area (Å²) in [6.07, 6.45) is 0.798. The lowest BCUT2D eigenvalue weighted by Crippen LogP contribution is -2.46. The van der Waals surface area contributed by atoms with E-state index in [-0.39, 0.29) is 18.4 Å². The first kappa shape index (κ1) is 15.5. The summed E-state index contributed by atoms with van der Waals surface area (Å²) >= 11 is 0. The van der Waals surface area contributed by atoms with Crippen LogP contribution in [0.1, 0.15) is 37.0 Å². The Labute approximate surface area is 125 Å². The lowest BCUT2D eigenvalue weighted by atomic mass is 10.0. The second-order valence-corrected chi connectivity index (χ2v) is 5.49. The average Bonchev–Trinajstić information content (AvgIpc) is 2.94. The van der Waals surface area contributed by atoms with E-state index in [0.717, 1.165) is 17.5 Å². The van der Waals surface area contributed by atoms with Crippen LogP contribution in [0.15, 0.2) is 24.3 Å². The maximum absolute atomic E-state index is 12.2. The number of nitrogens with zero attached hydrogens (tertiary/aromatic N) is 1. The lowest BCUT2D eigenvalue weighted by Gasteiger charge is -2.23. The van der Waals surface area contributed by atoms with Crippen LogP contribution in [-0.4, -0.2) is 41.0 Å². The van der Waals surface area contributed by atoms with Gasteiger partial charge in [-0.2, -0.15) is 0 Å². The molecule has 1 saturated heterocycles. The minimum absolute atomic E-state index is 0.0768. The molecule has 2 unspecified atom stereocenters. The topological polar surface area (TPSA) is 69.6 Å². The van der Waals surface area contributed by atoms with E-state index in [2.05, 4.69) is 5.32 Å². The fourth-order valence-corrected chi connectivity index (χ4v) is 2.80. The summed E-state index contributed by atoms with van der Waals surface area (Å²) in [6.45, 7) is 4.20. The maximum Gasteiger partial charge on any atom is 0.242 e. The van der Waals surface area contributed by atoms with E-state index in [1.54, 1.807) is 4.90 Å². The molecule has 2 rings (SSSR count). The predicted octanol–water partition coefficient (Wildman–Crippen LogP) is 1.16. The maximum atomic E-state index is 12.2. The van der Waals surface area contributed by atoms with Crippen LogP contribution in [0.4, 0.5) is 0 Å². The zero-order chi connectivity index (χ0) is 15.4. The van der Waals surface area contributed by atoms with E-state index in [1.807, 2.05) is 31.2 Å². The normalized spacial score (nSPS) is 19.4. The summed E-state index contributed by atoms with van der Waals surface area (Å²) in [4.78, 5) is 25.2. The van der Waals surface area contributed by atoms with Crippen LogP contribution in [-0.2, 0) is 9.59 Å². The van der Waals surface area contributed by atoms with Gasteiger partial charge in [-0.25, -0.2) is 0 Å². The van der Waals surface area contributed by atoms with Gasteiger partial charge in [0.1, 0.15) is 6.04 Å². The van der Waals surface area contributed by atoms with Crippen LogP contribution in [0.3, 0.4) is 0 Å². The van der Waals surface area contributed by atoms with Gasteiger partial charge in [-0.05, 0) is 30.9 Å². The number of benzene rings is 1. The first-order valence-electron chi connectivity index (χ1n) is 7.29. The lowest BCUT2D eigenvalue weighted by molar-refractivity contribution is -0.137. The van der Waals surface area contributed by atoms with Gasteiger partial charge in [-0.3, -0.25) is 9.59 Å². The molecule has 0 bridgehead atoms. The summed E-state index contributed by atoms with van der Waals surface area (Å²) in [5, 5.41) is 12.9. The molecular weight excluding hydrogens is 268 g/mol. The van der Waals surface area contributed by atoms with E-state index in [4.69, 9.17) is 0 Å². The van der Waals surface area contributed by atoms with Crippen LogP contribution < -0.4 is 5.32 Å². The summed E-state index contributed by atoms with van der Waals surface area (Å²) in [6, 6.07) is 7.15. The molecule has 0 aliphatic carbocycles. The van der Waals surface area contributed by atoms with Crippen LogP contribution >= 0.6 is 0 Å². The van der Waals surface area contributed by atoms with Gasteiger partial charge >= 0.3 is 0 Å². The number of aliphatic hydroxyl groups excluding tert-OH is 1. The first-order chi connectivity index (χ1) is 10.0. The summed E-state index contributed by atoms with van der Waals surface area (Å²) in [7, 11) is 0. The molecule has 1 aliphatic rings. The smallest absolute Gasteiger partial charge is 0.242 e. The molecule has 21 heavy (non-hydrogen) atoms. The first-order valence-corrected chi connectivity index (χ1v) is 7.29. The zero-order valence-electron chi connectivity index (χ0n) is 12.5. The average molecular weight is 290 g/mol. The van der Waals surface area contributed by atoms with Gasteiger partial charge in [0.15, 0.2) is 0 Å². The van der Waals surface area contributed by atoms with Gasteiger partial charge in [0.25, 0.3) is 0 Å². The van der Waals surface area contributed by atoms with Gasteiger partial charge in [0, 0.05) is 20.0 Å². The number of hydrogen-bond acceptors (Lipinski definition) is 3. The standard InChI is InChI=1S/C16H22N2O3/c1-11-6-3-4-7-13(11)15(20)10-17-16(21)14-8-5-9-18(14)12(2)19/h3-4,6-7,14-15,20H,5,8-10H2,1-2H3,(H,17,21). The highest BCUT2D eigenvalue weighted by molar-refractivity contribution is 5.87. The third kappa shape index (κ3) is 3.61. The van der Waals surface area contributed by atoms with Crippen molar-refractivity contribution in [1.29, 1.82) is 0 Å². The SMILES string of the molecule is CC(=O)N1CCCC1C(=O)NCC(O)c1ccccc1C. The number of nitrogens with one attached hydrogen (secondary N) is 1. The highest BCUT2D eigenvalue weighted by atomic mass is 16.3. The number of carbonyl (C=O) groups is 2. The molecule has 5 heteroatoms. The Morgan fingerprint density at radius 1 is 1.43 bits per heavy atom. The Bertz CT molecular complexity index is 530. The summed E-state index contributed by atoms with van der Waals surface area (Å²) in [5.74, 6) is -0.262. The Balaban J connectivity index is 1.92. The van der Waals surface area contributed by atoms with Crippen molar-refractivity contribution < 1.29 is 14.7 Å². The molecule has 1 aromatic rings. The minimum atomic E-state index is -0.734. The molecule has 1 heterocycles. The van der Waals surface area contributed by atoms with Crippen molar-refractivity contribution in [3.8, 4) is 0 Å². The number of hydrogen-bond donors (Lipinski definition) is 2. The number of carbonyl (C=O) groups excluding carboxylic acids is 2. The van der Waals surface area contributed by atoms with E-state index in [0.29, 0.717) is 13.0 Å². The number of aliphatic hydroxyl groups is 1. The molecular formula is C16H22N2O3. The van der Waals surface area contributed by atoms with Crippen molar-refractivity contribution in [2.24, 2.45) is 0 Å². The molecule has 2 N–H and O–H groups in total. The van der Waals surface area contributed by atoms with Crippen LogP contribution in [0, 0.1) is 6.92 Å². The van der Waals surface area contributed by atoms with Crippen molar-refractivity contribution in [1.82, 2.24) is 10.2 Å². The van der Waals surface area contributed by atoms with Crippen molar-refractivity contribution in [3.63, 3.8) is 0 Å². The van der Waals surface area contributed by atoms with E-state index in [1.165, 1.54) is 6.92 Å². The molecule has 0 saturated carbocycles. The fourth-order valence-electron chi connectivity index (χ4n) is 2.80. The molecule has 2 atom stereocenters. The zero-order valence-corrected chi connectivity index (χ0v) is 12.5. The molecule has 1 aromatic carbocycles. The second kappa shape index (κ2) is 6.72. The Morgan fingerprint density at radius 3 is 2.81 bits per heavy atom. The number of rotatable bonds is 4. The molecule has 0 aromatic heterocycles. The Morgan fingerprint density at radius 2 is 2.14 bits per heavy atom. The molecule has 1 fully saturated rings. The molecule has 5 nitrogen and oxygen atoms in total. The van der Waals surface area contributed by atoms with Crippen molar-refractivity contribution in [3.05, 3.63) is 35.4 Å². The van der Waals surface area contributed by atoms with E-state index in [9.17, 15) is 14.7 Å². The van der Waals surface area contributed by atoms with Crippen LogP contribution in [0.5, 0.6) is 0 Å². The predicted molar refractivity (Wildman–Crippen MR) is 79.6 cm³/mol. The summed E-state index contributed by atoms with van der Waals surface area (Å²) < 4.78 is 0. The number of likely N-dealkylation sites (tertiary alicyclic amines) is 1. The summed E-state index contributed by atoms with van der Waals surface area (Å²) in [5.41, 5.74) is 1.80. The van der Waals surface area contributed by atoms with Crippen LogP contribution in [0.25, 0.3) is 0 Å². The molecule has 0 spiro atoms. The molecule has 0 radical (unpaired) electrons. The number of amides is 2. The van der Waals surface area contributed by atoms with Gasteiger partial charge in [-0.15, -0.1) is 0 Å². The Hall–Kier alpha value is -1.88. The monoisotopic (exact) mass is 290 g/mol. The van der Waals surface area contributed by atoms with Gasteiger partial charge in [0.05, 0.1) is 6.10 Å². The van der Waals surface area contributed by atoms with Crippen molar-refractivity contribution in [2.75, 3.05) is 13.1 Å². The third-order valence-corrected chi connectivity index (χ3v) is 3.98. The molecule has 114 valence electrons. The largest absolute Gasteiger partial charge is 0.387 e. The molecule has 1 aliphatic heterocycles. The van der Waals surface area contributed by atoms with Crippen LogP contribution in [0.2, 0.25) is 0 Å². The van der Waals surface area contributed by atoms with Gasteiger partial charge in [0.2, 0.25) is 11.8 Å². The molecule has 2 amide bonds.